The molecule has 0 saturated carbocycles. The van der Waals surface area contributed by atoms with E-state index in [1.165, 1.54) is 66.8 Å². The van der Waals surface area contributed by atoms with E-state index >= 15 is 0 Å². The predicted octanol–water partition coefficient (Wildman–Crippen LogP) is 10.3. The van der Waals surface area contributed by atoms with Crippen LogP contribution in [-0.4, -0.2) is 76.6 Å². The number of aromatic nitrogens is 12. The number of thiazole rings is 2. The third-order valence-corrected chi connectivity index (χ3v) is 30.6. The molecule has 0 N–H and O–H groups in total. The zero-order valence-corrected chi connectivity index (χ0v) is 46.6. The number of fused-ring (bicyclic) bond motifs is 6. The molecule has 10 rings (SSSR count). The van der Waals surface area contributed by atoms with Gasteiger partial charge in [0.2, 0.25) is 0 Å². The molecule has 366 valence electrons. The van der Waals surface area contributed by atoms with Gasteiger partial charge in [0.1, 0.15) is 11.0 Å². The summed E-state index contributed by atoms with van der Waals surface area (Å²) in [6.07, 6.45) is 16.4. The summed E-state index contributed by atoms with van der Waals surface area (Å²) in [5, 5.41) is 25.6. The van der Waals surface area contributed by atoms with Crippen molar-refractivity contribution in [2.45, 2.75) is 98.0 Å². The van der Waals surface area contributed by atoms with Crippen molar-refractivity contribution in [3.63, 3.8) is 0 Å². The summed E-state index contributed by atoms with van der Waals surface area (Å²) in [6.45, 7) is 7.70. The van der Waals surface area contributed by atoms with Gasteiger partial charge in [-0.3, -0.25) is 19.0 Å². The third-order valence-electron chi connectivity index (χ3n) is 13.3. The van der Waals surface area contributed by atoms with Gasteiger partial charge in [0, 0.05) is 90.8 Å². The summed E-state index contributed by atoms with van der Waals surface area (Å²) >= 11 is 7.21. The summed E-state index contributed by atoms with van der Waals surface area (Å²) in [5.41, 5.74) is 11.8. The Bertz CT molecular complexity index is 3420. The van der Waals surface area contributed by atoms with E-state index in [-0.39, 0.29) is 11.1 Å². The van der Waals surface area contributed by atoms with Gasteiger partial charge in [-0.05, 0) is 47.5 Å². The molecule has 10 aromatic rings. The summed E-state index contributed by atoms with van der Waals surface area (Å²) in [4.78, 5) is 35.1. The van der Waals surface area contributed by atoms with Crippen molar-refractivity contribution in [1.29, 1.82) is 0 Å². The first-order chi connectivity index (χ1) is 34.0. The van der Waals surface area contributed by atoms with Gasteiger partial charge >= 0.3 is 122 Å². The van der Waals surface area contributed by atoms with Gasteiger partial charge in [-0.25, -0.2) is 14.3 Å². The van der Waals surface area contributed by atoms with Crippen molar-refractivity contribution in [2.75, 3.05) is 0 Å². The van der Waals surface area contributed by atoms with Gasteiger partial charge in [-0.2, -0.15) is 20.4 Å². The molecule has 0 radical (unpaired) electrons. The zero-order valence-electron chi connectivity index (χ0n) is 41.3. The van der Waals surface area contributed by atoms with E-state index in [0.29, 0.717) is 30.0 Å². The zero-order chi connectivity index (χ0) is 49.4. The number of halogens is 1. The van der Waals surface area contributed by atoms with E-state index in [1.807, 2.05) is 96.9 Å². The van der Waals surface area contributed by atoms with Crippen molar-refractivity contribution >= 4 is 100.0 Å². The molecule has 0 amide bonds. The second-order valence-corrected chi connectivity index (χ2v) is 33.0. The molecule has 0 bridgehead atoms. The second-order valence-electron chi connectivity index (χ2n) is 18.3. The largest absolute Gasteiger partial charge is 0.339 e. The normalized spacial score (nSPS) is 11.7. The monoisotopic (exact) mass is 1110 g/mol. The van der Waals surface area contributed by atoms with Crippen LogP contribution in [0.3, 0.4) is 0 Å². The van der Waals surface area contributed by atoms with E-state index in [4.69, 9.17) is 16.6 Å². The van der Waals surface area contributed by atoms with Gasteiger partial charge in [0.15, 0.2) is 0 Å². The fourth-order valence-electron chi connectivity index (χ4n) is 9.56. The number of alkyl halides is 1. The molecule has 70 heavy (non-hydrogen) atoms. The van der Waals surface area contributed by atoms with Crippen LogP contribution >= 0.6 is 34.3 Å². The standard InChI is InChI=1S/C20H18N6OS.C17H16ClN5O.3C4H9.C3H2NS.Sn/c1-24-6-5-14(23-24)10-26-20(27)19-17(9-22-26)16-8-13(3-4-18(16)25(19)2)7-15-11-28-12-21-15;1-21-6-5-12(20-21)10-23-17(24)16-14(9-19-23)13-7-11(8-18)3-4-15(13)22(16)2;3*1-3-4-2;1-2-5-3-4-1;/h3-6,8-9,11-12H,7,10H2,1-2H3;3-7,9H,8,10H2,1-2H3;3*1,3-4H2,2H3;2-3H;. The van der Waals surface area contributed by atoms with Crippen LogP contribution in [0.25, 0.3) is 43.6 Å². The van der Waals surface area contributed by atoms with Crippen LogP contribution < -0.4 is 14.8 Å². The van der Waals surface area contributed by atoms with Crippen LogP contribution in [-0.2, 0) is 53.6 Å². The van der Waals surface area contributed by atoms with E-state index in [9.17, 15) is 9.59 Å². The Hall–Kier alpha value is -5.43. The first-order valence-corrected chi connectivity index (χ1v) is 34.1. The molecule has 0 fully saturated rings. The molecule has 0 saturated heterocycles. The molecule has 0 unspecified atom stereocenters. The van der Waals surface area contributed by atoms with Gasteiger partial charge < -0.3 is 9.13 Å². The number of hydrogen-bond donors (Lipinski definition) is 0. The third kappa shape index (κ3) is 11.2. The molecule has 0 aliphatic heterocycles. The number of aryl methyl sites for hydroxylation is 4. The predicted molar refractivity (Wildman–Crippen MR) is 291 cm³/mol. The van der Waals surface area contributed by atoms with Crippen LogP contribution in [0.4, 0.5) is 0 Å². The number of rotatable bonds is 17. The molecule has 0 atom stereocenters. The number of benzene rings is 2. The number of hydrogen-bond acceptors (Lipinski definition) is 10. The molecule has 14 nitrogen and oxygen atoms in total. The smallest absolute Gasteiger partial charge is 0.291 e. The first kappa shape index (κ1) is 50.9. The molecule has 8 heterocycles. The SMILES string of the molecule is CCC[CH2][Sn]([CH2]CCC)([CH2]CCC)[c]1cscn1.Cn1ccc(Cn2ncc3c4cc(CCl)ccc4n(C)c3c2=O)n1.Cn1ccc(Cn2ncc3c4cc(Cc5cscn5)ccc4n(C)c3c2=O)n1. The van der Waals surface area contributed by atoms with Crippen LogP contribution in [0.5, 0.6) is 0 Å². The Kier molecular flexibility index (Phi) is 16.9. The van der Waals surface area contributed by atoms with Crippen molar-refractivity contribution in [3.8, 4) is 0 Å². The fourth-order valence-corrected chi connectivity index (χ4v) is 28.1. The first-order valence-electron chi connectivity index (χ1n) is 24.2. The molecule has 0 aliphatic carbocycles. The Labute approximate surface area is 425 Å². The van der Waals surface area contributed by atoms with E-state index < -0.39 is 18.4 Å². The van der Waals surface area contributed by atoms with Gasteiger partial charge in [-0.15, -0.1) is 22.9 Å². The van der Waals surface area contributed by atoms with Crippen molar-refractivity contribution in [3.05, 3.63) is 144 Å². The maximum absolute atomic E-state index is 13.1. The maximum Gasteiger partial charge on any atom is 0.291 e. The van der Waals surface area contributed by atoms with Crippen LogP contribution in [0.2, 0.25) is 13.3 Å². The van der Waals surface area contributed by atoms with E-state index in [0.717, 1.165) is 61.6 Å². The molecular formula is C52H63ClN12O2S2Sn. The topological polar surface area (TPSA) is 141 Å². The quantitative estimate of drug-likeness (QED) is 0.0648. The maximum atomic E-state index is 13.1. The minimum atomic E-state index is -2.13. The minimum Gasteiger partial charge on any atom is -0.339 e. The average molecular weight is 1110 g/mol. The minimum absolute atomic E-state index is 0.108. The molecular weight excluding hydrogens is 1040 g/mol. The summed E-state index contributed by atoms with van der Waals surface area (Å²) in [5.74, 6) is 0.441. The van der Waals surface area contributed by atoms with Crippen molar-refractivity contribution in [1.82, 2.24) is 58.2 Å². The molecule has 0 aliphatic rings. The van der Waals surface area contributed by atoms with Crippen LogP contribution in [0.15, 0.2) is 105 Å². The Morgan fingerprint density at radius 3 is 1.50 bits per heavy atom. The molecule has 0 spiro atoms. The van der Waals surface area contributed by atoms with Crippen molar-refractivity contribution < 1.29 is 0 Å². The Morgan fingerprint density at radius 1 is 0.586 bits per heavy atom. The molecule has 2 aromatic carbocycles. The van der Waals surface area contributed by atoms with Gasteiger partial charge in [0.05, 0.1) is 48.1 Å². The Balaban J connectivity index is 0.000000145. The van der Waals surface area contributed by atoms with Gasteiger partial charge in [0.25, 0.3) is 11.1 Å². The summed E-state index contributed by atoms with van der Waals surface area (Å²) in [6, 6.07) is 16.1. The number of unbranched alkanes of at least 4 members (excludes halogenated alkanes) is 3. The summed E-state index contributed by atoms with van der Waals surface area (Å²) in [7, 11) is 7.53. The Morgan fingerprint density at radius 2 is 1.07 bits per heavy atom. The number of nitrogens with zero attached hydrogens (tertiary/aromatic N) is 12. The van der Waals surface area contributed by atoms with Crippen LogP contribution in [0, 0.1) is 0 Å². The van der Waals surface area contributed by atoms with E-state index in [1.54, 1.807) is 36.8 Å². The van der Waals surface area contributed by atoms with Crippen molar-refractivity contribution in [2.24, 2.45) is 28.2 Å². The van der Waals surface area contributed by atoms with E-state index in [2.05, 4.69) is 80.6 Å². The second kappa shape index (κ2) is 23.2. The molecule has 18 heteroatoms. The molecule has 8 aromatic heterocycles. The fraction of sp³-hybridized carbons (Fsp3) is 0.385. The van der Waals surface area contributed by atoms with Crippen LogP contribution in [0.1, 0.15) is 87.5 Å². The van der Waals surface area contributed by atoms with Gasteiger partial charge in [-0.1, -0.05) is 12.1 Å². The summed E-state index contributed by atoms with van der Waals surface area (Å²) < 4.78 is 16.4. The average Bonchev–Trinajstić information content (AvgIpc) is 4.26.